The zero-order valence-electron chi connectivity index (χ0n) is 15.2. The van der Waals surface area contributed by atoms with Crippen molar-refractivity contribution in [2.24, 2.45) is 7.05 Å². The second-order valence-electron chi connectivity index (χ2n) is 6.04. The second-order valence-corrected chi connectivity index (χ2v) is 6.04. The third-order valence-electron chi connectivity index (χ3n) is 4.23. The van der Waals surface area contributed by atoms with Gasteiger partial charge in [-0.25, -0.2) is 13.9 Å². The highest BCUT2D eigenvalue weighted by molar-refractivity contribution is 5.73. The number of methoxy groups -OCH3 is 1. The molecule has 4 rings (SSSR count). The number of ether oxygens (including phenoxy) is 2. The summed E-state index contributed by atoms with van der Waals surface area (Å²) in [4.78, 5) is 20.2. The molecule has 2 aromatic carbocycles. The normalized spacial score (nSPS) is 11.1. The van der Waals surface area contributed by atoms with Crippen LogP contribution in [0, 0.1) is 17.5 Å². The van der Waals surface area contributed by atoms with Crippen LogP contribution in [0.25, 0.3) is 16.9 Å². The maximum atomic E-state index is 14.4. The van der Waals surface area contributed by atoms with E-state index in [-0.39, 0.29) is 22.9 Å². The maximum Gasteiger partial charge on any atom is 0.311 e. The number of nitrogens with zero attached hydrogens (tertiary/aromatic N) is 4. The fourth-order valence-corrected chi connectivity index (χ4v) is 2.86. The van der Waals surface area contributed by atoms with Gasteiger partial charge < -0.3 is 14.0 Å². The van der Waals surface area contributed by atoms with Gasteiger partial charge in [-0.15, -0.1) is 0 Å². The molecule has 0 saturated heterocycles. The van der Waals surface area contributed by atoms with E-state index in [1.165, 1.54) is 52.9 Å². The first-order valence-corrected chi connectivity index (χ1v) is 8.30. The zero-order valence-corrected chi connectivity index (χ0v) is 15.2. The molecule has 0 aliphatic heterocycles. The first-order chi connectivity index (χ1) is 13.9. The van der Waals surface area contributed by atoms with Gasteiger partial charge in [0.25, 0.3) is 0 Å². The van der Waals surface area contributed by atoms with E-state index in [0.29, 0.717) is 5.69 Å². The highest BCUT2D eigenvalue weighted by atomic mass is 19.2. The van der Waals surface area contributed by atoms with E-state index in [9.17, 15) is 18.0 Å². The van der Waals surface area contributed by atoms with Gasteiger partial charge in [0, 0.05) is 7.05 Å². The van der Waals surface area contributed by atoms with Crippen molar-refractivity contribution in [2.75, 3.05) is 7.11 Å². The Balaban J connectivity index is 1.96. The van der Waals surface area contributed by atoms with Crippen LogP contribution in [0.5, 0.6) is 17.5 Å². The van der Waals surface area contributed by atoms with Crippen LogP contribution < -0.4 is 15.0 Å². The van der Waals surface area contributed by atoms with Crippen LogP contribution in [0.2, 0.25) is 0 Å². The average molecular weight is 402 g/mol. The number of halogens is 3. The number of aryl methyl sites for hydroxylation is 1. The Morgan fingerprint density at radius 1 is 0.966 bits per heavy atom. The summed E-state index contributed by atoms with van der Waals surface area (Å²) in [7, 11) is 2.83. The van der Waals surface area contributed by atoms with E-state index >= 15 is 0 Å². The van der Waals surface area contributed by atoms with E-state index in [2.05, 4.69) is 9.97 Å². The van der Waals surface area contributed by atoms with Crippen LogP contribution in [0.3, 0.4) is 0 Å². The van der Waals surface area contributed by atoms with Gasteiger partial charge in [-0.1, -0.05) is 0 Å². The molecule has 0 aliphatic rings. The van der Waals surface area contributed by atoms with E-state index in [1.807, 2.05) is 0 Å². The lowest BCUT2D eigenvalue weighted by Crippen LogP contribution is -2.16. The molecule has 7 nitrogen and oxygen atoms in total. The molecule has 0 saturated carbocycles. The van der Waals surface area contributed by atoms with Crippen molar-refractivity contribution in [1.82, 2.24) is 19.1 Å². The minimum atomic E-state index is -1.31. The Hall–Kier alpha value is -3.82. The summed E-state index contributed by atoms with van der Waals surface area (Å²) in [5, 5.41) is 0. The largest absolute Gasteiger partial charge is 0.494 e. The Kier molecular flexibility index (Phi) is 4.45. The molecule has 0 bridgehead atoms. The topological polar surface area (TPSA) is 71.2 Å². The van der Waals surface area contributed by atoms with Crippen molar-refractivity contribution in [3.8, 4) is 23.2 Å². The molecule has 0 unspecified atom stereocenters. The number of hydrogen-bond acceptors (Lipinski definition) is 5. The highest BCUT2D eigenvalue weighted by Gasteiger charge is 2.21. The maximum absolute atomic E-state index is 14.4. The monoisotopic (exact) mass is 402 g/mol. The number of aromatic nitrogens is 4. The van der Waals surface area contributed by atoms with Gasteiger partial charge >= 0.3 is 11.6 Å². The number of fused-ring (bicyclic) bond motifs is 1. The molecule has 0 radical (unpaired) electrons. The standard InChI is InChI=1S/C19H13F3N4O3/c1-25-9-23-16-17(27)24-19(26(18(16)25)11-5-3-10(20)4-6-11)29-13-8-7-12(28-2)14(21)15(13)22/h3-9H,1-2H3. The van der Waals surface area contributed by atoms with E-state index < -0.39 is 28.8 Å². The Morgan fingerprint density at radius 3 is 2.31 bits per heavy atom. The molecule has 0 atom stereocenters. The Morgan fingerprint density at radius 2 is 1.62 bits per heavy atom. The average Bonchev–Trinajstić information content (AvgIpc) is 3.09. The zero-order chi connectivity index (χ0) is 20.7. The van der Waals surface area contributed by atoms with Crippen molar-refractivity contribution in [2.45, 2.75) is 0 Å². The van der Waals surface area contributed by atoms with Crippen molar-refractivity contribution in [1.29, 1.82) is 0 Å². The van der Waals surface area contributed by atoms with Crippen LogP contribution in [0.4, 0.5) is 13.2 Å². The number of imidazole rings is 1. The predicted octanol–water partition coefficient (Wildman–Crippen LogP) is 3.34. The molecule has 0 amide bonds. The third kappa shape index (κ3) is 3.08. The van der Waals surface area contributed by atoms with Gasteiger partial charge in [-0.05, 0) is 36.4 Å². The SMILES string of the molecule is COc1ccc(Oc2nc(=O)c3ncn(C)c3n2-c2ccc(F)cc2)c(F)c1F. The van der Waals surface area contributed by atoms with Crippen LogP contribution in [-0.2, 0) is 7.05 Å². The van der Waals surface area contributed by atoms with Gasteiger partial charge in [-0.2, -0.15) is 13.8 Å². The lowest BCUT2D eigenvalue weighted by molar-refractivity contribution is 0.350. The van der Waals surface area contributed by atoms with Crippen LogP contribution in [0.1, 0.15) is 0 Å². The van der Waals surface area contributed by atoms with Crippen molar-refractivity contribution in [3.05, 3.63) is 70.5 Å². The van der Waals surface area contributed by atoms with Gasteiger partial charge in [0.2, 0.25) is 11.6 Å². The fourth-order valence-electron chi connectivity index (χ4n) is 2.86. The number of hydrogen-bond donors (Lipinski definition) is 0. The summed E-state index contributed by atoms with van der Waals surface area (Å²) < 4.78 is 54.9. The van der Waals surface area contributed by atoms with Crippen molar-refractivity contribution < 1.29 is 22.6 Å². The fraction of sp³-hybridized carbons (Fsp3) is 0.105. The molecule has 0 spiro atoms. The minimum Gasteiger partial charge on any atom is -0.494 e. The van der Waals surface area contributed by atoms with Crippen molar-refractivity contribution in [3.63, 3.8) is 0 Å². The highest BCUT2D eigenvalue weighted by Crippen LogP contribution is 2.31. The summed E-state index contributed by atoms with van der Waals surface area (Å²) >= 11 is 0. The Labute approximate surface area is 161 Å². The lowest BCUT2D eigenvalue weighted by atomic mass is 10.3. The summed E-state index contributed by atoms with van der Waals surface area (Å²) in [6.07, 6.45) is 1.39. The minimum absolute atomic E-state index is 0.0329. The number of rotatable bonds is 4. The van der Waals surface area contributed by atoms with E-state index in [4.69, 9.17) is 9.47 Å². The second kappa shape index (κ2) is 6.97. The molecule has 148 valence electrons. The molecule has 2 heterocycles. The van der Waals surface area contributed by atoms with Gasteiger partial charge in [0.15, 0.2) is 22.7 Å². The van der Waals surface area contributed by atoms with Gasteiger partial charge in [0.1, 0.15) is 5.82 Å². The third-order valence-corrected chi connectivity index (χ3v) is 4.23. The molecule has 10 heteroatoms. The molecular weight excluding hydrogens is 389 g/mol. The first kappa shape index (κ1) is 18.5. The van der Waals surface area contributed by atoms with E-state index in [0.717, 1.165) is 6.07 Å². The van der Waals surface area contributed by atoms with Crippen LogP contribution in [-0.4, -0.2) is 26.2 Å². The van der Waals surface area contributed by atoms with Gasteiger partial charge in [0.05, 0.1) is 19.1 Å². The molecule has 0 fully saturated rings. The van der Waals surface area contributed by atoms with Crippen LogP contribution >= 0.6 is 0 Å². The quantitative estimate of drug-likeness (QED) is 0.524. The molecule has 4 aromatic rings. The number of benzene rings is 2. The summed E-state index contributed by atoms with van der Waals surface area (Å²) in [6, 6.07) is 7.22. The Bertz CT molecular complexity index is 1280. The first-order valence-electron chi connectivity index (χ1n) is 8.30. The molecule has 0 aliphatic carbocycles. The van der Waals surface area contributed by atoms with Gasteiger partial charge in [-0.3, -0.25) is 4.79 Å². The smallest absolute Gasteiger partial charge is 0.311 e. The van der Waals surface area contributed by atoms with Crippen LogP contribution in [0.15, 0.2) is 47.5 Å². The molecule has 0 N–H and O–H groups in total. The summed E-state index contributed by atoms with van der Waals surface area (Å²) in [5.74, 6) is -3.85. The molecule has 29 heavy (non-hydrogen) atoms. The summed E-state index contributed by atoms with van der Waals surface area (Å²) in [6.45, 7) is 0. The predicted molar refractivity (Wildman–Crippen MR) is 97.0 cm³/mol. The molecular formula is C19H13F3N4O3. The molecule has 2 aromatic heterocycles. The lowest BCUT2D eigenvalue weighted by Gasteiger charge is -2.16. The summed E-state index contributed by atoms with van der Waals surface area (Å²) in [5.41, 5.74) is -0.0354. The van der Waals surface area contributed by atoms with E-state index in [1.54, 1.807) is 7.05 Å². The van der Waals surface area contributed by atoms with Crippen molar-refractivity contribution >= 4 is 11.2 Å².